The van der Waals surface area contributed by atoms with Crippen LogP contribution in [0.5, 0.6) is 0 Å². The van der Waals surface area contributed by atoms with Crippen LogP contribution in [0.1, 0.15) is 0 Å². The quantitative estimate of drug-likeness (QED) is 0.378. The Kier molecular flexibility index (Phi) is 48300. The van der Waals surface area contributed by atoms with Gasteiger partial charge in [-0.3, -0.25) is 0 Å². The second-order valence-corrected chi connectivity index (χ2v) is 0. The predicted octanol–water partition coefficient (Wildman–Crippen LogP) is -5.44. The van der Waals surface area contributed by atoms with Gasteiger partial charge in [0.05, 0.1) is 0 Å². The van der Waals surface area contributed by atoms with E-state index in [2.05, 4.69) is 0 Å². The molecule has 2 radical (unpaired) electrons. The van der Waals surface area contributed by atoms with Gasteiger partial charge in [-0.05, 0) is 0 Å². The van der Waals surface area contributed by atoms with Gasteiger partial charge in [0.15, 0.2) is 0 Å². The normalized spacial score (nSPS) is 0. The minimum absolute atomic E-state index is 0. The fourth-order valence-electron chi connectivity index (χ4n) is 0. The Bertz CT molecular complexity index is 8.49. The molecule has 0 saturated heterocycles. The third-order valence-electron chi connectivity index (χ3n) is 0. The number of hydrogen-bond donors (Lipinski definition) is 0. The molecule has 0 aromatic heterocycles. The second kappa shape index (κ2) is 511. The second-order valence-electron chi connectivity index (χ2n) is 0. The zero-order valence-corrected chi connectivity index (χ0v) is 8.97. The first kappa shape index (κ1) is 757. The molecular formula is H15ClO6Sn. The number of hydrogen-bond acceptors (Lipinski definition) is 0. The summed E-state index contributed by atoms with van der Waals surface area (Å²) in [5.74, 6) is 0. The molecule has 0 aromatic carbocycles. The Morgan fingerprint density at radius 3 is 0.375 bits per heavy atom. The molecule has 0 aromatic rings. The SMILES string of the molecule is Cl.O.O.O.O.O.O.[SnH2]. The van der Waals surface area contributed by atoms with E-state index in [1.165, 1.54) is 0 Å². The average molecular weight is 265 g/mol. The summed E-state index contributed by atoms with van der Waals surface area (Å²) in [6.07, 6.45) is 0. The van der Waals surface area contributed by atoms with E-state index in [9.17, 15) is 0 Å². The first-order valence-electron chi connectivity index (χ1n) is 0. The molecule has 6 nitrogen and oxygen atoms in total. The summed E-state index contributed by atoms with van der Waals surface area (Å²) in [4.78, 5) is 0. The summed E-state index contributed by atoms with van der Waals surface area (Å²) < 4.78 is 0. The third-order valence-corrected chi connectivity index (χ3v) is 0. The summed E-state index contributed by atoms with van der Waals surface area (Å²) in [6.45, 7) is 0. The van der Waals surface area contributed by atoms with Gasteiger partial charge in [-0.2, -0.15) is 0 Å². The van der Waals surface area contributed by atoms with Crippen molar-refractivity contribution in [3.63, 3.8) is 0 Å². The van der Waals surface area contributed by atoms with E-state index < -0.39 is 0 Å². The molecule has 0 aliphatic carbocycles. The van der Waals surface area contributed by atoms with E-state index in [1.54, 1.807) is 0 Å². The molecule has 0 bridgehead atoms. The fraction of sp³-hybridized carbons (Fsp3) is 0. The molecule has 0 fully saturated rings. The molecule has 0 aliphatic rings. The maximum absolute atomic E-state index is 0. The van der Waals surface area contributed by atoms with Crippen molar-refractivity contribution >= 4 is 36.3 Å². The van der Waals surface area contributed by atoms with Crippen molar-refractivity contribution in [3.05, 3.63) is 0 Å². The van der Waals surface area contributed by atoms with Crippen LogP contribution >= 0.6 is 12.4 Å². The van der Waals surface area contributed by atoms with E-state index >= 15 is 0 Å². The van der Waals surface area contributed by atoms with Gasteiger partial charge in [-0.15, -0.1) is 12.4 Å². The molecular weight excluding hydrogens is 250 g/mol. The van der Waals surface area contributed by atoms with Gasteiger partial charge in [0.1, 0.15) is 0 Å². The standard InChI is InChI=1S/ClH.6H2O.Sn.2H/h1H;6*1H2;;;. The number of halogens is 1. The molecule has 0 unspecified atom stereocenters. The van der Waals surface area contributed by atoms with Crippen LogP contribution in [0.2, 0.25) is 0 Å². The van der Waals surface area contributed by atoms with Crippen LogP contribution in [0, 0.1) is 0 Å². The van der Waals surface area contributed by atoms with Crippen LogP contribution in [-0.2, 0) is 0 Å². The molecule has 62 valence electrons. The van der Waals surface area contributed by atoms with E-state index in [0.717, 1.165) is 0 Å². The van der Waals surface area contributed by atoms with Gasteiger partial charge in [-0.1, -0.05) is 0 Å². The van der Waals surface area contributed by atoms with Gasteiger partial charge < -0.3 is 32.9 Å². The Hall–Kier alpha value is 0.849. The van der Waals surface area contributed by atoms with Crippen molar-refractivity contribution < 1.29 is 32.9 Å². The minimum atomic E-state index is 0. The Balaban J connectivity index is 0. The number of rotatable bonds is 0. The summed E-state index contributed by atoms with van der Waals surface area (Å²) in [5.41, 5.74) is 0. The zero-order chi connectivity index (χ0) is 0. The molecule has 0 atom stereocenters. The van der Waals surface area contributed by atoms with Gasteiger partial charge >= 0.3 is 23.9 Å². The first-order valence-corrected chi connectivity index (χ1v) is 0. The van der Waals surface area contributed by atoms with Crippen molar-refractivity contribution in [1.82, 2.24) is 0 Å². The van der Waals surface area contributed by atoms with Crippen LogP contribution < -0.4 is 0 Å². The van der Waals surface area contributed by atoms with Gasteiger partial charge in [-0.25, -0.2) is 0 Å². The van der Waals surface area contributed by atoms with E-state index in [0.29, 0.717) is 0 Å². The van der Waals surface area contributed by atoms with Crippen LogP contribution in [0.25, 0.3) is 0 Å². The van der Waals surface area contributed by atoms with Crippen molar-refractivity contribution in [2.75, 3.05) is 0 Å². The molecule has 8 heavy (non-hydrogen) atoms. The summed E-state index contributed by atoms with van der Waals surface area (Å²) in [7, 11) is 0. The molecule has 8 heteroatoms. The zero-order valence-electron chi connectivity index (χ0n) is 4.12. The molecule has 12 N–H and O–H groups in total. The topological polar surface area (TPSA) is 189 Å². The maximum atomic E-state index is 0. The van der Waals surface area contributed by atoms with Crippen molar-refractivity contribution in [3.8, 4) is 0 Å². The van der Waals surface area contributed by atoms with Crippen LogP contribution in [-0.4, -0.2) is 56.8 Å². The van der Waals surface area contributed by atoms with Gasteiger partial charge in [0, 0.05) is 0 Å². The van der Waals surface area contributed by atoms with E-state index in [1.807, 2.05) is 0 Å². The monoisotopic (exact) mass is 266 g/mol. The summed E-state index contributed by atoms with van der Waals surface area (Å²) in [5, 5.41) is 0. The molecule has 0 amide bonds. The summed E-state index contributed by atoms with van der Waals surface area (Å²) in [6, 6.07) is 0. The Labute approximate surface area is 69.5 Å². The van der Waals surface area contributed by atoms with Gasteiger partial charge in [0.2, 0.25) is 0 Å². The van der Waals surface area contributed by atoms with E-state index in [4.69, 9.17) is 0 Å². The first-order chi connectivity index (χ1) is 0. The fourth-order valence-corrected chi connectivity index (χ4v) is 0. The van der Waals surface area contributed by atoms with Crippen LogP contribution in [0.15, 0.2) is 0 Å². The van der Waals surface area contributed by atoms with Crippen molar-refractivity contribution in [1.29, 1.82) is 0 Å². The Morgan fingerprint density at radius 1 is 0.375 bits per heavy atom. The third kappa shape index (κ3) is 325. The van der Waals surface area contributed by atoms with Crippen LogP contribution in [0.4, 0.5) is 0 Å². The molecule has 0 spiro atoms. The molecule has 0 heterocycles. The molecule has 0 saturated carbocycles. The molecule has 0 aliphatic heterocycles. The summed E-state index contributed by atoms with van der Waals surface area (Å²) >= 11 is 0. The van der Waals surface area contributed by atoms with E-state index in [-0.39, 0.29) is 69.2 Å². The average Bonchev–Trinajstić information content (AvgIpc) is 0. The molecule has 0 rings (SSSR count). The predicted molar refractivity (Wildman–Crippen MR) is 37.5 cm³/mol. The van der Waals surface area contributed by atoms with Crippen molar-refractivity contribution in [2.24, 2.45) is 0 Å². The van der Waals surface area contributed by atoms with Crippen molar-refractivity contribution in [2.45, 2.75) is 0 Å². The Morgan fingerprint density at radius 2 is 0.375 bits per heavy atom. The van der Waals surface area contributed by atoms with Crippen LogP contribution in [0.3, 0.4) is 0 Å². The van der Waals surface area contributed by atoms with Gasteiger partial charge in [0.25, 0.3) is 0 Å².